The summed E-state index contributed by atoms with van der Waals surface area (Å²) in [7, 11) is 5.93. The Kier molecular flexibility index (Phi) is 4.77. The van der Waals surface area contributed by atoms with E-state index in [4.69, 9.17) is 0 Å². The van der Waals surface area contributed by atoms with E-state index in [1.54, 1.807) is 0 Å². The first-order valence-corrected chi connectivity index (χ1v) is 5.67. The van der Waals surface area contributed by atoms with Crippen molar-refractivity contribution in [3.8, 4) is 0 Å². The molecular formula is C11H23N3. The fourth-order valence-electron chi connectivity index (χ4n) is 2.26. The summed E-state index contributed by atoms with van der Waals surface area (Å²) in [6.07, 6.45) is 8.19. The molecule has 0 heterocycles. The van der Waals surface area contributed by atoms with E-state index in [1.807, 2.05) is 14.1 Å². The molecule has 0 aromatic rings. The maximum atomic E-state index is 4.24. The van der Waals surface area contributed by atoms with Crippen LogP contribution in [0.3, 0.4) is 0 Å². The van der Waals surface area contributed by atoms with Crippen LogP contribution in [0, 0.1) is 0 Å². The van der Waals surface area contributed by atoms with Crippen molar-refractivity contribution in [2.45, 2.75) is 44.6 Å². The Labute approximate surface area is 87.6 Å². The van der Waals surface area contributed by atoms with Gasteiger partial charge in [0, 0.05) is 27.2 Å². The summed E-state index contributed by atoms with van der Waals surface area (Å²) in [6.45, 7) is 0. The van der Waals surface area contributed by atoms with E-state index in [0.717, 1.165) is 5.96 Å². The fourth-order valence-corrected chi connectivity index (χ4v) is 2.26. The minimum absolute atomic E-state index is 0.684. The summed E-state index contributed by atoms with van der Waals surface area (Å²) in [5, 5.41) is 3.15. The summed E-state index contributed by atoms with van der Waals surface area (Å²) in [5.41, 5.74) is 0. The van der Waals surface area contributed by atoms with Gasteiger partial charge in [0.05, 0.1) is 0 Å². The van der Waals surface area contributed by atoms with Crippen molar-refractivity contribution in [3.63, 3.8) is 0 Å². The Morgan fingerprint density at radius 1 is 1.21 bits per heavy atom. The van der Waals surface area contributed by atoms with Crippen LogP contribution < -0.4 is 5.32 Å². The Morgan fingerprint density at radius 3 is 2.21 bits per heavy atom. The van der Waals surface area contributed by atoms with Crippen LogP contribution in [0.2, 0.25) is 0 Å². The minimum Gasteiger partial charge on any atom is -0.359 e. The Hall–Kier alpha value is -0.730. The molecule has 1 aliphatic rings. The topological polar surface area (TPSA) is 27.6 Å². The molecule has 1 saturated carbocycles. The van der Waals surface area contributed by atoms with Crippen LogP contribution >= 0.6 is 0 Å². The molecule has 0 spiro atoms. The third-order valence-corrected chi connectivity index (χ3v) is 3.14. The number of guanidine groups is 1. The third-order valence-electron chi connectivity index (χ3n) is 3.14. The van der Waals surface area contributed by atoms with Gasteiger partial charge in [0.1, 0.15) is 0 Å². The van der Waals surface area contributed by atoms with E-state index >= 15 is 0 Å². The fraction of sp³-hybridized carbons (Fsp3) is 0.909. The van der Waals surface area contributed by atoms with E-state index < -0.39 is 0 Å². The maximum absolute atomic E-state index is 4.24. The van der Waals surface area contributed by atoms with Gasteiger partial charge < -0.3 is 10.2 Å². The molecule has 1 aliphatic carbocycles. The number of rotatable bonds is 1. The van der Waals surface area contributed by atoms with Crippen molar-refractivity contribution >= 4 is 5.96 Å². The Balaban J connectivity index is 2.52. The first-order chi connectivity index (χ1) is 6.79. The van der Waals surface area contributed by atoms with Crippen molar-refractivity contribution in [1.29, 1.82) is 0 Å². The zero-order chi connectivity index (χ0) is 10.4. The average molecular weight is 197 g/mol. The molecule has 82 valence electrons. The van der Waals surface area contributed by atoms with Crippen LogP contribution in [0.4, 0.5) is 0 Å². The number of hydrogen-bond donors (Lipinski definition) is 1. The Morgan fingerprint density at radius 2 is 1.79 bits per heavy atom. The van der Waals surface area contributed by atoms with Crippen molar-refractivity contribution in [1.82, 2.24) is 10.2 Å². The van der Waals surface area contributed by atoms with Gasteiger partial charge in [-0.15, -0.1) is 0 Å². The van der Waals surface area contributed by atoms with E-state index in [2.05, 4.69) is 22.3 Å². The van der Waals surface area contributed by atoms with Crippen LogP contribution in [0.25, 0.3) is 0 Å². The quantitative estimate of drug-likeness (QED) is 0.394. The van der Waals surface area contributed by atoms with Gasteiger partial charge in [-0.25, -0.2) is 0 Å². The second kappa shape index (κ2) is 5.89. The van der Waals surface area contributed by atoms with Crippen LogP contribution in [0.1, 0.15) is 38.5 Å². The predicted octanol–water partition coefficient (Wildman–Crippen LogP) is 1.85. The van der Waals surface area contributed by atoms with E-state index in [-0.39, 0.29) is 0 Å². The zero-order valence-corrected chi connectivity index (χ0v) is 9.71. The molecule has 0 radical (unpaired) electrons. The van der Waals surface area contributed by atoms with Gasteiger partial charge in [-0.3, -0.25) is 4.99 Å². The lowest BCUT2D eigenvalue weighted by molar-refractivity contribution is 0.322. The highest BCUT2D eigenvalue weighted by Crippen LogP contribution is 2.20. The standard InChI is InChI=1S/C11H23N3/c1-12-11(13-2)14(3)10-8-6-4-5-7-9-10/h10H,4-9H2,1-3H3,(H,12,13). The molecule has 1 rings (SSSR count). The molecule has 0 saturated heterocycles. The van der Waals surface area contributed by atoms with Gasteiger partial charge in [-0.05, 0) is 12.8 Å². The largest absolute Gasteiger partial charge is 0.359 e. The average Bonchev–Trinajstić information content (AvgIpc) is 2.47. The molecule has 3 heteroatoms. The maximum Gasteiger partial charge on any atom is 0.193 e. The van der Waals surface area contributed by atoms with Gasteiger partial charge in [-0.2, -0.15) is 0 Å². The van der Waals surface area contributed by atoms with Crippen LogP contribution in [0.15, 0.2) is 4.99 Å². The summed E-state index contributed by atoms with van der Waals surface area (Å²) >= 11 is 0. The molecule has 0 aliphatic heterocycles. The second-order valence-corrected chi connectivity index (χ2v) is 4.05. The number of aliphatic imine (C=N–C) groups is 1. The molecule has 3 nitrogen and oxygen atoms in total. The summed E-state index contributed by atoms with van der Waals surface area (Å²) in [4.78, 5) is 6.54. The van der Waals surface area contributed by atoms with E-state index in [9.17, 15) is 0 Å². The first kappa shape index (κ1) is 11.3. The van der Waals surface area contributed by atoms with Crippen molar-refractivity contribution in [3.05, 3.63) is 0 Å². The molecular weight excluding hydrogens is 174 g/mol. The predicted molar refractivity (Wildman–Crippen MR) is 61.7 cm³/mol. The van der Waals surface area contributed by atoms with Gasteiger partial charge >= 0.3 is 0 Å². The summed E-state index contributed by atoms with van der Waals surface area (Å²) in [6, 6.07) is 0.684. The highest BCUT2D eigenvalue weighted by atomic mass is 15.3. The molecule has 0 aromatic heterocycles. The third kappa shape index (κ3) is 2.89. The SMILES string of the molecule is CN=C(NC)N(C)C1CCCCCC1. The van der Waals surface area contributed by atoms with E-state index in [0.29, 0.717) is 6.04 Å². The molecule has 0 unspecified atom stereocenters. The minimum atomic E-state index is 0.684. The molecule has 1 fully saturated rings. The number of nitrogens with one attached hydrogen (secondary N) is 1. The second-order valence-electron chi connectivity index (χ2n) is 4.05. The lowest BCUT2D eigenvalue weighted by atomic mass is 10.1. The van der Waals surface area contributed by atoms with Crippen molar-refractivity contribution in [2.75, 3.05) is 21.1 Å². The van der Waals surface area contributed by atoms with Crippen LogP contribution in [-0.2, 0) is 0 Å². The highest BCUT2D eigenvalue weighted by molar-refractivity contribution is 5.79. The molecule has 14 heavy (non-hydrogen) atoms. The van der Waals surface area contributed by atoms with Crippen molar-refractivity contribution in [2.24, 2.45) is 4.99 Å². The van der Waals surface area contributed by atoms with Gasteiger partial charge in [0.2, 0.25) is 0 Å². The highest BCUT2D eigenvalue weighted by Gasteiger charge is 2.18. The van der Waals surface area contributed by atoms with E-state index in [1.165, 1.54) is 38.5 Å². The van der Waals surface area contributed by atoms with Gasteiger partial charge in [0.25, 0.3) is 0 Å². The van der Waals surface area contributed by atoms with Gasteiger partial charge in [0.15, 0.2) is 5.96 Å². The summed E-state index contributed by atoms with van der Waals surface area (Å²) in [5.74, 6) is 1.01. The lowest BCUT2D eigenvalue weighted by Gasteiger charge is -2.29. The normalized spacial score (nSPS) is 20.4. The monoisotopic (exact) mass is 197 g/mol. The Bertz CT molecular complexity index is 181. The number of nitrogens with zero attached hydrogens (tertiary/aromatic N) is 2. The molecule has 0 bridgehead atoms. The first-order valence-electron chi connectivity index (χ1n) is 5.67. The smallest absolute Gasteiger partial charge is 0.193 e. The molecule has 0 atom stereocenters. The van der Waals surface area contributed by atoms with Crippen LogP contribution in [-0.4, -0.2) is 38.0 Å². The molecule has 0 amide bonds. The zero-order valence-electron chi connectivity index (χ0n) is 9.71. The molecule has 1 N–H and O–H groups in total. The van der Waals surface area contributed by atoms with Crippen LogP contribution in [0.5, 0.6) is 0 Å². The lowest BCUT2D eigenvalue weighted by Crippen LogP contribution is -2.43. The van der Waals surface area contributed by atoms with Crippen molar-refractivity contribution < 1.29 is 0 Å². The molecule has 0 aromatic carbocycles. The summed E-state index contributed by atoms with van der Waals surface area (Å²) < 4.78 is 0. The number of hydrogen-bond acceptors (Lipinski definition) is 1. The van der Waals surface area contributed by atoms with Gasteiger partial charge in [-0.1, -0.05) is 25.7 Å².